The SMILES string of the molecule is CC(NC(=O)CSc1nnc(-c2ccco2)n1Cc1ccccc1)c1ccco1. The average Bonchev–Trinajstić information content (AvgIpc) is 3.49. The molecule has 8 heteroatoms. The lowest BCUT2D eigenvalue weighted by atomic mass is 10.2. The van der Waals surface area contributed by atoms with Gasteiger partial charge in [-0.3, -0.25) is 9.36 Å². The molecule has 1 aromatic carbocycles. The van der Waals surface area contributed by atoms with Crippen LogP contribution in [-0.2, 0) is 11.3 Å². The van der Waals surface area contributed by atoms with Crippen LogP contribution in [0.1, 0.15) is 24.3 Å². The van der Waals surface area contributed by atoms with Crippen LogP contribution < -0.4 is 5.32 Å². The van der Waals surface area contributed by atoms with Crippen LogP contribution in [0.5, 0.6) is 0 Å². The number of carbonyl (C=O) groups excluding carboxylic acids is 1. The number of nitrogens with zero attached hydrogens (tertiary/aromatic N) is 3. The van der Waals surface area contributed by atoms with Crippen LogP contribution in [0.3, 0.4) is 0 Å². The van der Waals surface area contributed by atoms with Crippen molar-refractivity contribution in [3.05, 3.63) is 78.4 Å². The number of rotatable bonds is 8. The van der Waals surface area contributed by atoms with Crippen molar-refractivity contribution in [3.8, 4) is 11.6 Å². The number of benzene rings is 1. The first-order valence-electron chi connectivity index (χ1n) is 9.17. The van der Waals surface area contributed by atoms with Crippen molar-refractivity contribution in [1.82, 2.24) is 20.1 Å². The quantitative estimate of drug-likeness (QED) is 0.441. The van der Waals surface area contributed by atoms with Gasteiger partial charge in [0.15, 0.2) is 10.9 Å². The Morgan fingerprint density at radius 3 is 2.59 bits per heavy atom. The van der Waals surface area contributed by atoms with E-state index < -0.39 is 0 Å². The summed E-state index contributed by atoms with van der Waals surface area (Å²) in [6.45, 7) is 2.46. The average molecular weight is 408 g/mol. The molecule has 1 atom stereocenters. The molecule has 0 saturated carbocycles. The number of nitrogens with one attached hydrogen (secondary N) is 1. The molecule has 0 radical (unpaired) electrons. The minimum absolute atomic E-state index is 0.104. The maximum atomic E-state index is 12.4. The first kappa shape index (κ1) is 19.1. The predicted molar refractivity (Wildman–Crippen MR) is 109 cm³/mol. The molecule has 3 aromatic heterocycles. The monoisotopic (exact) mass is 408 g/mol. The fourth-order valence-electron chi connectivity index (χ4n) is 2.91. The summed E-state index contributed by atoms with van der Waals surface area (Å²) in [5.41, 5.74) is 1.11. The van der Waals surface area contributed by atoms with Gasteiger partial charge in [-0.15, -0.1) is 10.2 Å². The zero-order valence-corrected chi connectivity index (χ0v) is 16.6. The summed E-state index contributed by atoms with van der Waals surface area (Å²) in [5, 5.41) is 12.2. The van der Waals surface area contributed by atoms with E-state index >= 15 is 0 Å². The van der Waals surface area contributed by atoms with E-state index in [1.807, 2.05) is 60.0 Å². The third-order valence-corrected chi connectivity index (χ3v) is 5.29. The van der Waals surface area contributed by atoms with Crippen molar-refractivity contribution in [2.75, 3.05) is 5.75 Å². The molecular weight excluding hydrogens is 388 g/mol. The van der Waals surface area contributed by atoms with E-state index in [2.05, 4.69) is 15.5 Å². The Kier molecular flexibility index (Phi) is 5.81. The van der Waals surface area contributed by atoms with Gasteiger partial charge in [-0.05, 0) is 36.8 Å². The van der Waals surface area contributed by atoms with E-state index in [9.17, 15) is 4.79 Å². The molecule has 3 heterocycles. The minimum Gasteiger partial charge on any atom is -0.467 e. The first-order valence-corrected chi connectivity index (χ1v) is 10.2. The van der Waals surface area contributed by atoms with E-state index in [0.29, 0.717) is 23.3 Å². The van der Waals surface area contributed by atoms with E-state index in [1.54, 1.807) is 18.6 Å². The summed E-state index contributed by atoms with van der Waals surface area (Å²) in [6, 6.07) is 17.1. The number of thioether (sulfide) groups is 1. The topological polar surface area (TPSA) is 86.1 Å². The summed E-state index contributed by atoms with van der Waals surface area (Å²) in [4.78, 5) is 12.4. The normalized spacial score (nSPS) is 12.0. The third kappa shape index (κ3) is 4.60. The molecule has 4 rings (SSSR count). The van der Waals surface area contributed by atoms with Gasteiger partial charge in [0.2, 0.25) is 11.7 Å². The van der Waals surface area contributed by atoms with E-state index in [0.717, 1.165) is 11.3 Å². The summed E-state index contributed by atoms with van der Waals surface area (Å²) in [7, 11) is 0. The second-order valence-electron chi connectivity index (χ2n) is 6.45. The maximum Gasteiger partial charge on any atom is 0.231 e. The molecule has 7 nitrogen and oxygen atoms in total. The fraction of sp³-hybridized carbons (Fsp3) is 0.190. The molecule has 0 aliphatic rings. The molecule has 148 valence electrons. The Labute approximate surface area is 172 Å². The molecule has 1 unspecified atom stereocenters. The summed E-state index contributed by atoms with van der Waals surface area (Å²) >= 11 is 1.34. The van der Waals surface area contributed by atoms with Crippen molar-refractivity contribution < 1.29 is 13.6 Å². The highest BCUT2D eigenvalue weighted by molar-refractivity contribution is 7.99. The Hall–Kier alpha value is -3.26. The summed E-state index contributed by atoms with van der Waals surface area (Å²) in [5.74, 6) is 2.10. The van der Waals surface area contributed by atoms with Crippen molar-refractivity contribution in [1.29, 1.82) is 0 Å². The molecule has 4 aromatic rings. The Morgan fingerprint density at radius 1 is 1.07 bits per heavy atom. The zero-order valence-electron chi connectivity index (χ0n) is 15.8. The van der Waals surface area contributed by atoms with Gasteiger partial charge in [0.1, 0.15) is 5.76 Å². The third-order valence-electron chi connectivity index (χ3n) is 4.32. The van der Waals surface area contributed by atoms with Crippen LogP contribution in [-0.4, -0.2) is 26.4 Å². The second-order valence-corrected chi connectivity index (χ2v) is 7.39. The number of aromatic nitrogens is 3. The largest absolute Gasteiger partial charge is 0.467 e. The molecule has 29 heavy (non-hydrogen) atoms. The number of furan rings is 2. The number of amides is 1. The van der Waals surface area contributed by atoms with Crippen molar-refractivity contribution >= 4 is 17.7 Å². The Morgan fingerprint density at radius 2 is 1.86 bits per heavy atom. The lowest BCUT2D eigenvalue weighted by Crippen LogP contribution is -2.28. The van der Waals surface area contributed by atoms with E-state index in [1.165, 1.54) is 11.8 Å². The van der Waals surface area contributed by atoms with Gasteiger partial charge in [0.25, 0.3) is 0 Å². The molecule has 0 saturated heterocycles. The minimum atomic E-state index is -0.195. The molecule has 0 spiro atoms. The van der Waals surface area contributed by atoms with Crippen LogP contribution >= 0.6 is 11.8 Å². The highest BCUT2D eigenvalue weighted by Crippen LogP contribution is 2.25. The number of carbonyl (C=O) groups is 1. The standard InChI is InChI=1S/C21H20N4O3S/c1-15(17-9-5-11-27-17)22-19(26)14-29-21-24-23-20(18-10-6-12-28-18)25(21)13-16-7-3-2-4-8-16/h2-12,15H,13-14H2,1H3,(H,22,26). The van der Waals surface area contributed by atoms with Crippen molar-refractivity contribution in [2.24, 2.45) is 0 Å². The van der Waals surface area contributed by atoms with Gasteiger partial charge < -0.3 is 14.2 Å². The Bertz CT molecular complexity index is 1040. The zero-order chi connectivity index (χ0) is 20.1. The second kappa shape index (κ2) is 8.83. The van der Waals surface area contributed by atoms with Crippen molar-refractivity contribution in [2.45, 2.75) is 24.7 Å². The summed E-state index contributed by atoms with van der Waals surface area (Å²) < 4.78 is 12.8. The molecular formula is C21H20N4O3S. The Balaban J connectivity index is 1.48. The number of hydrogen-bond acceptors (Lipinski definition) is 6. The van der Waals surface area contributed by atoms with Gasteiger partial charge in [-0.2, -0.15) is 0 Å². The van der Waals surface area contributed by atoms with Crippen LogP contribution in [0.15, 0.2) is 81.1 Å². The lowest BCUT2D eigenvalue weighted by Gasteiger charge is -2.12. The molecule has 1 N–H and O–H groups in total. The van der Waals surface area contributed by atoms with Gasteiger partial charge in [0, 0.05) is 0 Å². The molecule has 0 aliphatic heterocycles. The van der Waals surface area contributed by atoms with E-state index in [-0.39, 0.29) is 17.7 Å². The van der Waals surface area contributed by atoms with Crippen LogP contribution in [0, 0.1) is 0 Å². The van der Waals surface area contributed by atoms with Gasteiger partial charge in [0.05, 0.1) is 30.9 Å². The molecule has 0 fully saturated rings. The van der Waals surface area contributed by atoms with Crippen LogP contribution in [0.25, 0.3) is 11.6 Å². The maximum absolute atomic E-state index is 12.4. The highest BCUT2D eigenvalue weighted by Gasteiger charge is 2.19. The smallest absolute Gasteiger partial charge is 0.231 e. The van der Waals surface area contributed by atoms with Crippen molar-refractivity contribution in [3.63, 3.8) is 0 Å². The van der Waals surface area contributed by atoms with E-state index in [4.69, 9.17) is 8.83 Å². The molecule has 1 amide bonds. The van der Waals surface area contributed by atoms with Gasteiger partial charge >= 0.3 is 0 Å². The molecule has 0 aliphatic carbocycles. The first-order chi connectivity index (χ1) is 14.2. The highest BCUT2D eigenvalue weighted by atomic mass is 32.2. The lowest BCUT2D eigenvalue weighted by molar-refractivity contribution is -0.119. The van der Waals surface area contributed by atoms with Crippen LogP contribution in [0.4, 0.5) is 0 Å². The molecule has 0 bridgehead atoms. The van der Waals surface area contributed by atoms with Gasteiger partial charge in [-0.25, -0.2) is 0 Å². The van der Waals surface area contributed by atoms with Crippen LogP contribution in [0.2, 0.25) is 0 Å². The number of hydrogen-bond donors (Lipinski definition) is 1. The predicted octanol–water partition coefficient (Wildman–Crippen LogP) is 4.15. The fourth-order valence-corrected chi connectivity index (χ4v) is 3.66. The van der Waals surface area contributed by atoms with Gasteiger partial charge in [-0.1, -0.05) is 42.1 Å². The summed E-state index contributed by atoms with van der Waals surface area (Å²) in [6.07, 6.45) is 3.20.